The molecule has 1 saturated carbocycles. The van der Waals surface area contributed by atoms with Crippen LogP contribution in [0.4, 0.5) is 0 Å². The number of likely N-dealkylation sites (N-methyl/N-ethyl adjacent to an activating group) is 1. The fourth-order valence-corrected chi connectivity index (χ4v) is 8.07. The lowest BCUT2D eigenvalue weighted by Gasteiger charge is -2.23. The molecule has 9 nitrogen and oxygen atoms in total. The number of likely N-dealkylation sites (tertiary alicyclic amines) is 1. The van der Waals surface area contributed by atoms with Gasteiger partial charge in [0.15, 0.2) is 0 Å². The largest absolute Gasteiger partial charge is 0.497 e. The minimum atomic E-state index is -3.79. The second-order valence-corrected chi connectivity index (χ2v) is 14.1. The van der Waals surface area contributed by atoms with Gasteiger partial charge in [0.1, 0.15) is 17.8 Å². The Labute approximate surface area is 256 Å². The van der Waals surface area contributed by atoms with Gasteiger partial charge in [-0.1, -0.05) is 24.3 Å². The Morgan fingerprint density at radius 3 is 2.19 bits per heavy atom. The Hall–Kier alpha value is -3.18. The Kier molecular flexibility index (Phi) is 9.31. The second-order valence-electron chi connectivity index (χ2n) is 12.3. The van der Waals surface area contributed by atoms with E-state index in [1.165, 1.54) is 22.6 Å². The number of hydrogen-bond acceptors (Lipinski definition) is 7. The highest BCUT2D eigenvalue weighted by Crippen LogP contribution is 2.37. The van der Waals surface area contributed by atoms with Crippen molar-refractivity contribution >= 4 is 15.9 Å². The molecule has 5 rings (SSSR count). The molecular weight excluding hydrogens is 564 g/mol. The van der Waals surface area contributed by atoms with Crippen LogP contribution >= 0.6 is 0 Å². The van der Waals surface area contributed by atoms with Crippen molar-refractivity contribution in [3.05, 3.63) is 82.3 Å². The first-order valence-corrected chi connectivity index (χ1v) is 16.4. The molecule has 1 atom stereocenters. The lowest BCUT2D eigenvalue weighted by molar-refractivity contribution is 0.0784. The number of hydrogen-bond donors (Lipinski definition) is 0. The van der Waals surface area contributed by atoms with E-state index in [1.807, 2.05) is 0 Å². The summed E-state index contributed by atoms with van der Waals surface area (Å²) < 4.78 is 40.2. The average molecular weight is 609 g/mol. The maximum Gasteiger partial charge on any atom is 0.257 e. The molecule has 2 fully saturated rings. The second kappa shape index (κ2) is 12.8. The molecule has 43 heavy (non-hydrogen) atoms. The molecule has 3 aromatic rings. The summed E-state index contributed by atoms with van der Waals surface area (Å²) >= 11 is 0. The fourth-order valence-electron chi connectivity index (χ4n) is 6.01. The van der Waals surface area contributed by atoms with Crippen molar-refractivity contribution in [2.24, 2.45) is 0 Å². The molecule has 1 aliphatic carbocycles. The zero-order valence-electron chi connectivity index (χ0n) is 26.2. The third-order valence-electron chi connectivity index (χ3n) is 8.58. The first-order valence-electron chi connectivity index (χ1n) is 14.9. The van der Waals surface area contributed by atoms with Crippen molar-refractivity contribution in [3.63, 3.8) is 0 Å². The fraction of sp³-hybridized carbons (Fsp3) is 0.485. The first-order chi connectivity index (χ1) is 20.5. The van der Waals surface area contributed by atoms with Gasteiger partial charge in [-0.3, -0.25) is 9.69 Å². The van der Waals surface area contributed by atoms with Gasteiger partial charge in [-0.05, 0) is 87.7 Å². The van der Waals surface area contributed by atoms with Gasteiger partial charge in [0, 0.05) is 45.3 Å². The van der Waals surface area contributed by atoms with Crippen LogP contribution in [0.1, 0.15) is 57.6 Å². The summed E-state index contributed by atoms with van der Waals surface area (Å²) in [5.41, 5.74) is 4.01. The zero-order valence-corrected chi connectivity index (χ0v) is 27.0. The molecule has 1 amide bonds. The van der Waals surface area contributed by atoms with Crippen LogP contribution in [0.15, 0.2) is 58.0 Å². The SMILES string of the molecule is COc1cc(C)c(S(=O)(=O)N(Cc2cc(C(=O)N(C)Cc3ccc(CN4CCC(N(C)C)C4)cc3)co2)C2CC2)c(C)c1. The Morgan fingerprint density at radius 1 is 0.953 bits per heavy atom. The van der Waals surface area contributed by atoms with Gasteiger partial charge >= 0.3 is 0 Å². The molecule has 1 aromatic heterocycles. The van der Waals surface area contributed by atoms with Crippen molar-refractivity contribution in [3.8, 4) is 5.75 Å². The van der Waals surface area contributed by atoms with Crippen LogP contribution in [-0.2, 0) is 29.7 Å². The molecule has 0 spiro atoms. The lowest BCUT2D eigenvalue weighted by Crippen LogP contribution is -2.33. The molecule has 232 valence electrons. The van der Waals surface area contributed by atoms with Gasteiger partial charge in [-0.2, -0.15) is 4.31 Å². The molecule has 1 saturated heterocycles. The molecule has 10 heteroatoms. The number of carbonyl (C=O) groups is 1. The van der Waals surface area contributed by atoms with Gasteiger partial charge in [-0.15, -0.1) is 0 Å². The first kappa shape index (κ1) is 31.3. The summed E-state index contributed by atoms with van der Waals surface area (Å²) in [4.78, 5) is 20.0. The van der Waals surface area contributed by atoms with Crippen molar-refractivity contribution < 1.29 is 22.4 Å². The van der Waals surface area contributed by atoms with Crippen LogP contribution in [-0.4, -0.2) is 86.8 Å². The van der Waals surface area contributed by atoms with E-state index in [4.69, 9.17) is 9.15 Å². The van der Waals surface area contributed by atoms with E-state index < -0.39 is 10.0 Å². The molecule has 1 unspecified atom stereocenters. The summed E-state index contributed by atoms with van der Waals surface area (Å²) in [5, 5.41) is 0. The molecule has 2 heterocycles. The number of benzene rings is 2. The van der Waals surface area contributed by atoms with Crippen LogP contribution in [0.3, 0.4) is 0 Å². The zero-order chi connectivity index (χ0) is 30.9. The van der Waals surface area contributed by atoms with E-state index in [9.17, 15) is 13.2 Å². The van der Waals surface area contributed by atoms with Gasteiger partial charge < -0.3 is 19.0 Å². The minimum absolute atomic E-state index is 0.0721. The van der Waals surface area contributed by atoms with Gasteiger partial charge in [0.05, 0.1) is 24.1 Å². The van der Waals surface area contributed by atoms with Gasteiger partial charge in [0.2, 0.25) is 10.0 Å². The van der Waals surface area contributed by atoms with Crippen molar-refractivity contribution in [1.82, 2.24) is 19.0 Å². The standard InChI is InChI=1S/C33H44N4O5S/c1-23-15-30(41-6)16-24(2)32(23)43(39,40)37(28-11-12-28)21-31-17-27(22-42-31)33(38)35(5)18-25-7-9-26(10-8-25)19-36-14-13-29(20-36)34(3)4/h7-10,15-17,22,28-29H,11-14,18-21H2,1-6H3. The predicted molar refractivity (Wildman–Crippen MR) is 167 cm³/mol. The molecule has 0 bridgehead atoms. The number of sulfonamides is 1. The summed E-state index contributed by atoms with van der Waals surface area (Å²) in [6.07, 6.45) is 4.23. The number of aryl methyl sites for hydroxylation is 2. The molecular formula is C33H44N4O5S. The number of carbonyl (C=O) groups excluding carboxylic acids is 1. The Morgan fingerprint density at radius 2 is 1.60 bits per heavy atom. The topological polar surface area (TPSA) is 86.5 Å². The minimum Gasteiger partial charge on any atom is -0.497 e. The highest BCUT2D eigenvalue weighted by Gasteiger charge is 2.40. The van der Waals surface area contributed by atoms with Crippen LogP contribution in [0.2, 0.25) is 0 Å². The molecule has 0 radical (unpaired) electrons. The summed E-state index contributed by atoms with van der Waals surface area (Å²) in [7, 11) is 3.83. The average Bonchev–Trinajstić information content (AvgIpc) is 3.49. The normalized spacial score (nSPS) is 17.6. The van der Waals surface area contributed by atoms with Gasteiger partial charge in [-0.25, -0.2) is 8.42 Å². The van der Waals surface area contributed by atoms with Crippen molar-refractivity contribution in [1.29, 1.82) is 0 Å². The number of amides is 1. The number of furan rings is 1. The third-order valence-corrected chi connectivity index (χ3v) is 10.8. The quantitative estimate of drug-likeness (QED) is 0.296. The van der Waals surface area contributed by atoms with E-state index in [-0.39, 0.29) is 18.5 Å². The van der Waals surface area contributed by atoms with E-state index in [1.54, 1.807) is 51.1 Å². The van der Waals surface area contributed by atoms with Crippen LogP contribution < -0.4 is 4.74 Å². The highest BCUT2D eigenvalue weighted by molar-refractivity contribution is 7.89. The number of ether oxygens (including phenoxy) is 1. The van der Waals surface area contributed by atoms with Crippen LogP contribution in [0.25, 0.3) is 0 Å². The Balaban J connectivity index is 1.21. The monoisotopic (exact) mass is 608 g/mol. The number of nitrogens with zero attached hydrogens (tertiary/aromatic N) is 4. The third kappa shape index (κ3) is 7.15. The lowest BCUT2D eigenvalue weighted by atomic mass is 10.1. The number of rotatable bonds is 12. The molecule has 2 aliphatic rings. The van der Waals surface area contributed by atoms with E-state index >= 15 is 0 Å². The van der Waals surface area contributed by atoms with Crippen molar-refractivity contribution in [2.45, 2.75) is 69.7 Å². The number of methoxy groups -OCH3 is 1. The maximum absolute atomic E-state index is 13.8. The maximum atomic E-state index is 13.8. The summed E-state index contributed by atoms with van der Waals surface area (Å²) in [6, 6.07) is 14.1. The van der Waals surface area contributed by atoms with E-state index in [0.29, 0.717) is 45.7 Å². The molecule has 1 aliphatic heterocycles. The van der Waals surface area contributed by atoms with Crippen LogP contribution in [0.5, 0.6) is 5.75 Å². The van der Waals surface area contributed by atoms with Crippen molar-refractivity contribution in [2.75, 3.05) is 41.3 Å². The smallest absolute Gasteiger partial charge is 0.257 e. The molecule has 0 N–H and O–H groups in total. The molecule has 2 aromatic carbocycles. The summed E-state index contributed by atoms with van der Waals surface area (Å²) in [6.45, 7) is 7.24. The Bertz CT molecular complexity index is 1520. The van der Waals surface area contributed by atoms with Gasteiger partial charge in [0.25, 0.3) is 5.91 Å². The van der Waals surface area contributed by atoms with E-state index in [0.717, 1.165) is 38.0 Å². The highest BCUT2D eigenvalue weighted by atomic mass is 32.2. The van der Waals surface area contributed by atoms with E-state index in [2.05, 4.69) is 48.2 Å². The predicted octanol–water partition coefficient (Wildman–Crippen LogP) is 4.67. The van der Waals surface area contributed by atoms with Crippen LogP contribution in [0, 0.1) is 13.8 Å². The summed E-state index contributed by atoms with van der Waals surface area (Å²) in [5.74, 6) is 0.897.